The molecular weight excluding hydrogens is 274 g/mol. The number of carbonyl (C=O) groups is 2. The first-order chi connectivity index (χ1) is 10.2. The van der Waals surface area contributed by atoms with Gasteiger partial charge < -0.3 is 19.5 Å². The maximum Gasteiger partial charge on any atom is 0.326 e. The summed E-state index contributed by atoms with van der Waals surface area (Å²) in [7, 11) is 0. The second-order valence-electron chi connectivity index (χ2n) is 5.54. The topological polar surface area (TPSA) is 91.6 Å². The summed E-state index contributed by atoms with van der Waals surface area (Å²) >= 11 is 0. The monoisotopic (exact) mass is 293 g/mol. The Morgan fingerprint density at radius 3 is 2.86 bits per heavy atom. The minimum absolute atomic E-state index is 0.196. The van der Waals surface area contributed by atoms with Crippen LogP contribution >= 0.6 is 0 Å². The van der Waals surface area contributed by atoms with E-state index in [1.807, 2.05) is 4.57 Å². The summed E-state index contributed by atoms with van der Waals surface area (Å²) in [5.74, 6) is -0.165. The third-order valence-electron chi connectivity index (χ3n) is 4.19. The van der Waals surface area contributed by atoms with Crippen LogP contribution in [0.5, 0.6) is 0 Å². The fraction of sp³-hybridized carbons (Fsp3) is 0.692. The number of urea groups is 1. The summed E-state index contributed by atoms with van der Waals surface area (Å²) in [6.45, 7) is 2.12. The highest BCUT2D eigenvalue weighted by Gasteiger charge is 2.34. The average Bonchev–Trinajstić information content (AvgIpc) is 2.80. The van der Waals surface area contributed by atoms with Crippen molar-refractivity contribution in [3.05, 3.63) is 12.2 Å². The third-order valence-corrected chi connectivity index (χ3v) is 4.19. The molecule has 0 aromatic carbocycles. The minimum atomic E-state index is -0.912. The Bertz CT molecular complexity index is 544. The van der Waals surface area contributed by atoms with Crippen LogP contribution in [0, 0.1) is 0 Å². The van der Waals surface area contributed by atoms with E-state index in [9.17, 15) is 14.7 Å². The molecule has 8 heteroatoms. The van der Waals surface area contributed by atoms with E-state index in [0.29, 0.717) is 32.6 Å². The summed E-state index contributed by atoms with van der Waals surface area (Å²) in [5.41, 5.74) is 0. The molecule has 1 atom stereocenters. The summed E-state index contributed by atoms with van der Waals surface area (Å²) in [6, 6.07) is -0.904. The summed E-state index contributed by atoms with van der Waals surface area (Å²) in [6.07, 6.45) is 4.88. The van der Waals surface area contributed by atoms with Gasteiger partial charge in [0, 0.05) is 19.6 Å². The predicted octanol–water partition coefficient (Wildman–Crippen LogP) is 0.543. The minimum Gasteiger partial charge on any atom is -0.480 e. The first-order valence-electron chi connectivity index (χ1n) is 7.32. The van der Waals surface area contributed by atoms with E-state index in [1.54, 1.807) is 11.2 Å². The van der Waals surface area contributed by atoms with Crippen molar-refractivity contribution in [1.82, 2.24) is 24.6 Å². The van der Waals surface area contributed by atoms with Gasteiger partial charge in [0.2, 0.25) is 0 Å². The molecule has 2 aliphatic heterocycles. The van der Waals surface area contributed by atoms with Crippen molar-refractivity contribution in [3.8, 4) is 0 Å². The van der Waals surface area contributed by atoms with E-state index in [4.69, 9.17) is 0 Å². The van der Waals surface area contributed by atoms with E-state index in [1.165, 1.54) is 4.90 Å². The fourth-order valence-corrected chi connectivity index (χ4v) is 3.01. The molecule has 1 saturated heterocycles. The number of nitrogens with zero attached hydrogens (tertiary/aromatic N) is 5. The number of likely N-dealkylation sites (tertiary alicyclic amines) is 1. The maximum absolute atomic E-state index is 12.7. The normalized spacial score (nSPS) is 22.6. The van der Waals surface area contributed by atoms with Crippen molar-refractivity contribution in [2.75, 3.05) is 13.1 Å². The van der Waals surface area contributed by atoms with Crippen LogP contribution in [0.15, 0.2) is 6.33 Å². The maximum atomic E-state index is 12.7. The number of fused-ring (bicyclic) bond motifs is 1. The molecule has 114 valence electrons. The number of aliphatic carboxylic acids is 1. The number of carboxylic acid groups (broad SMARTS) is 1. The van der Waals surface area contributed by atoms with Crippen LogP contribution in [0.4, 0.5) is 4.79 Å². The Morgan fingerprint density at radius 2 is 2.05 bits per heavy atom. The van der Waals surface area contributed by atoms with Crippen LogP contribution in [0.25, 0.3) is 0 Å². The first kappa shape index (κ1) is 13.8. The number of rotatable bonds is 1. The van der Waals surface area contributed by atoms with Crippen LogP contribution in [-0.2, 0) is 17.9 Å². The molecule has 0 spiro atoms. The molecule has 0 bridgehead atoms. The molecular formula is C13H19N5O3. The van der Waals surface area contributed by atoms with E-state index >= 15 is 0 Å². The third kappa shape index (κ3) is 2.70. The molecule has 1 fully saturated rings. The standard InChI is InChI=1S/C13H19N5O3/c19-12(20)10-4-2-1-3-5-18(10)13(21)16-6-7-17-9-14-15-11(17)8-16/h9-10H,1-8H2,(H,19,20). The highest BCUT2D eigenvalue weighted by Crippen LogP contribution is 2.20. The van der Waals surface area contributed by atoms with Crippen molar-refractivity contribution >= 4 is 12.0 Å². The summed E-state index contributed by atoms with van der Waals surface area (Å²) < 4.78 is 1.92. The Hall–Kier alpha value is -2.12. The number of hydrogen-bond acceptors (Lipinski definition) is 4. The molecule has 8 nitrogen and oxygen atoms in total. The highest BCUT2D eigenvalue weighted by atomic mass is 16.4. The Kier molecular flexibility index (Phi) is 3.76. The van der Waals surface area contributed by atoms with Gasteiger partial charge in [0.15, 0.2) is 5.82 Å². The lowest BCUT2D eigenvalue weighted by Gasteiger charge is -2.35. The van der Waals surface area contributed by atoms with Crippen molar-refractivity contribution in [2.24, 2.45) is 0 Å². The second-order valence-corrected chi connectivity index (χ2v) is 5.54. The van der Waals surface area contributed by atoms with Crippen molar-refractivity contribution in [2.45, 2.75) is 44.8 Å². The summed E-state index contributed by atoms with van der Waals surface area (Å²) in [4.78, 5) is 27.3. The lowest BCUT2D eigenvalue weighted by atomic mass is 10.1. The number of carbonyl (C=O) groups excluding carboxylic acids is 1. The van der Waals surface area contributed by atoms with E-state index in [2.05, 4.69) is 10.2 Å². The van der Waals surface area contributed by atoms with Gasteiger partial charge in [-0.25, -0.2) is 9.59 Å². The number of amides is 2. The fourth-order valence-electron chi connectivity index (χ4n) is 3.01. The van der Waals surface area contributed by atoms with Gasteiger partial charge in [0.05, 0.1) is 6.54 Å². The molecule has 2 amide bonds. The van der Waals surface area contributed by atoms with Crippen LogP contribution in [0.3, 0.4) is 0 Å². The van der Waals surface area contributed by atoms with Crippen molar-refractivity contribution in [1.29, 1.82) is 0 Å². The van der Waals surface area contributed by atoms with Crippen LogP contribution in [0.2, 0.25) is 0 Å². The van der Waals surface area contributed by atoms with E-state index in [-0.39, 0.29) is 6.03 Å². The molecule has 0 radical (unpaired) electrons. The van der Waals surface area contributed by atoms with Crippen LogP contribution < -0.4 is 0 Å². The van der Waals surface area contributed by atoms with Crippen molar-refractivity contribution < 1.29 is 14.7 Å². The average molecular weight is 293 g/mol. The lowest BCUT2D eigenvalue weighted by Crippen LogP contribution is -2.52. The van der Waals surface area contributed by atoms with Crippen LogP contribution in [0.1, 0.15) is 31.5 Å². The molecule has 1 N–H and O–H groups in total. The largest absolute Gasteiger partial charge is 0.480 e. The van der Waals surface area contributed by atoms with Gasteiger partial charge in [-0.15, -0.1) is 10.2 Å². The second kappa shape index (κ2) is 5.71. The van der Waals surface area contributed by atoms with E-state index < -0.39 is 12.0 Å². The molecule has 1 unspecified atom stereocenters. The van der Waals surface area contributed by atoms with Gasteiger partial charge in [-0.3, -0.25) is 0 Å². The van der Waals surface area contributed by atoms with Gasteiger partial charge in [-0.1, -0.05) is 12.8 Å². The SMILES string of the molecule is O=C(O)C1CCCCCN1C(=O)N1CCn2cnnc2C1. The Morgan fingerprint density at radius 1 is 1.19 bits per heavy atom. The molecule has 3 heterocycles. The van der Waals surface area contributed by atoms with Gasteiger partial charge in [0.1, 0.15) is 12.4 Å². The van der Waals surface area contributed by atoms with Gasteiger partial charge in [-0.2, -0.15) is 0 Å². The zero-order chi connectivity index (χ0) is 14.8. The first-order valence-corrected chi connectivity index (χ1v) is 7.32. The molecule has 21 heavy (non-hydrogen) atoms. The lowest BCUT2D eigenvalue weighted by molar-refractivity contribution is -0.142. The van der Waals surface area contributed by atoms with Gasteiger partial charge in [0.25, 0.3) is 0 Å². The smallest absolute Gasteiger partial charge is 0.326 e. The molecule has 1 aromatic heterocycles. The Balaban J connectivity index is 1.75. The predicted molar refractivity (Wildman–Crippen MR) is 72.4 cm³/mol. The summed E-state index contributed by atoms with van der Waals surface area (Å²) in [5, 5.41) is 17.2. The number of aromatic nitrogens is 3. The molecule has 2 aliphatic rings. The zero-order valence-electron chi connectivity index (χ0n) is 11.8. The van der Waals surface area contributed by atoms with Crippen molar-refractivity contribution in [3.63, 3.8) is 0 Å². The number of hydrogen-bond donors (Lipinski definition) is 1. The molecule has 3 rings (SSSR count). The van der Waals surface area contributed by atoms with E-state index in [0.717, 1.165) is 25.1 Å². The quantitative estimate of drug-likeness (QED) is 0.816. The molecule has 1 aromatic rings. The Labute approximate surface area is 122 Å². The van der Waals surface area contributed by atoms with Crippen LogP contribution in [-0.4, -0.2) is 60.8 Å². The highest BCUT2D eigenvalue weighted by molar-refractivity contribution is 5.82. The van der Waals surface area contributed by atoms with Gasteiger partial charge in [-0.05, 0) is 12.8 Å². The molecule has 0 aliphatic carbocycles. The van der Waals surface area contributed by atoms with Gasteiger partial charge >= 0.3 is 12.0 Å². The molecule has 0 saturated carbocycles. The zero-order valence-corrected chi connectivity index (χ0v) is 11.8. The number of carboxylic acids is 1.